The van der Waals surface area contributed by atoms with E-state index in [1.54, 1.807) is 6.92 Å². The Balaban J connectivity index is 2.13. The molecule has 0 bridgehead atoms. The van der Waals surface area contributed by atoms with Crippen LogP contribution in [0.5, 0.6) is 5.75 Å². The van der Waals surface area contributed by atoms with Crippen molar-refractivity contribution in [2.24, 2.45) is 0 Å². The van der Waals surface area contributed by atoms with Gasteiger partial charge in [0.15, 0.2) is 0 Å². The summed E-state index contributed by atoms with van der Waals surface area (Å²) in [4.78, 5) is 19.0. The monoisotopic (exact) mass is 242 g/mol. The predicted octanol–water partition coefficient (Wildman–Crippen LogP) is 1.99. The zero-order valence-corrected chi connectivity index (χ0v) is 10.4. The van der Waals surface area contributed by atoms with E-state index in [1.807, 2.05) is 25.1 Å². The molecule has 0 spiro atoms. The van der Waals surface area contributed by atoms with Crippen LogP contribution in [0.15, 0.2) is 23.0 Å². The van der Waals surface area contributed by atoms with Crippen LogP contribution in [0.2, 0.25) is 0 Å². The summed E-state index contributed by atoms with van der Waals surface area (Å²) in [6.45, 7) is 4.36. The van der Waals surface area contributed by atoms with Crippen molar-refractivity contribution in [3.8, 4) is 17.1 Å². The molecule has 2 aromatic rings. The molecule has 4 nitrogen and oxygen atoms in total. The van der Waals surface area contributed by atoms with Gasteiger partial charge in [-0.25, -0.2) is 4.98 Å². The van der Waals surface area contributed by atoms with E-state index in [9.17, 15) is 4.79 Å². The number of rotatable bonds is 1. The molecule has 1 aliphatic rings. The Morgan fingerprint density at radius 3 is 2.94 bits per heavy atom. The molecule has 18 heavy (non-hydrogen) atoms. The number of hydrogen-bond donors (Lipinski definition) is 1. The van der Waals surface area contributed by atoms with Gasteiger partial charge in [-0.15, -0.1) is 0 Å². The topological polar surface area (TPSA) is 55.0 Å². The molecule has 4 heteroatoms. The first-order valence-corrected chi connectivity index (χ1v) is 5.99. The van der Waals surface area contributed by atoms with Crippen molar-refractivity contribution in [3.05, 3.63) is 45.4 Å². The van der Waals surface area contributed by atoms with Gasteiger partial charge in [0.05, 0.1) is 6.61 Å². The number of hydrogen-bond acceptors (Lipinski definition) is 3. The van der Waals surface area contributed by atoms with E-state index in [0.717, 1.165) is 30.0 Å². The van der Waals surface area contributed by atoms with Gasteiger partial charge >= 0.3 is 0 Å². The summed E-state index contributed by atoms with van der Waals surface area (Å²) >= 11 is 0. The van der Waals surface area contributed by atoms with E-state index in [1.165, 1.54) is 5.56 Å². The highest BCUT2D eigenvalue weighted by atomic mass is 16.5. The summed E-state index contributed by atoms with van der Waals surface area (Å²) in [5, 5.41) is 0. The van der Waals surface area contributed by atoms with E-state index < -0.39 is 0 Å². The minimum Gasteiger partial charge on any atom is -0.493 e. The van der Waals surface area contributed by atoms with Crippen LogP contribution in [-0.4, -0.2) is 16.6 Å². The number of aromatic amines is 1. The van der Waals surface area contributed by atoms with Crippen molar-refractivity contribution in [2.45, 2.75) is 20.3 Å². The summed E-state index contributed by atoms with van der Waals surface area (Å²) in [6, 6.07) is 5.90. The Bertz CT molecular complexity index is 674. The van der Waals surface area contributed by atoms with Crippen molar-refractivity contribution < 1.29 is 4.74 Å². The van der Waals surface area contributed by atoms with Crippen LogP contribution in [0.25, 0.3) is 11.4 Å². The molecular formula is C14H14N2O2. The Morgan fingerprint density at radius 1 is 1.33 bits per heavy atom. The van der Waals surface area contributed by atoms with Crippen molar-refractivity contribution in [2.75, 3.05) is 6.61 Å². The smallest absolute Gasteiger partial charge is 0.254 e. The predicted molar refractivity (Wildman–Crippen MR) is 69.0 cm³/mol. The van der Waals surface area contributed by atoms with Gasteiger partial charge in [0, 0.05) is 23.2 Å². The molecule has 0 radical (unpaired) electrons. The van der Waals surface area contributed by atoms with Crippen LogP contribution in [0.3, 0.4) is 0 Å². The van der Waals surface area contributed by atoms with Crippen molar-refractivity contribution in [3.63, 3.8) is 0 Å². The van der Waals surface area contributed by atoms with E-state index in [4.69, 9.17) is 4.74 Å². The highest BCUT2D eigenvalue weighted by molar-refractivity contribution is 5.59. The second-order valence-corrected chi connectivity index (χ2v) is 4.55. The lowest BCUT2D eigenvalue weighted by Gasteiger charge is -2.06. The molecule has 0 fully saturated rings. The minimum atomic E-state index is -0.0748. The molecule has 0 amide bonds. The highest BCUT2D eigenvalue weighted by Crippen LogP contribution is 2.28. The maximum Gasteiger partial charge on any atom is 0.254 e. The van der Waals surface area contributed by atoms with Gasteiger partial charge < -0.3 is 9.72 Å². The maximum absolute atomic E-state index is 11.7. The zero-order valence-electron chi connectivity index (χ0n) is 10.4. The first kappa shape index (κ1) is 11.0. The van der Waals surface area contributed by atoms with Crippen LogP contribution in [-0.2, 0) is 6.42 Å². The molecule has 1 aromatic heterocycles. The van der Waals surface area contributed by atoms with Crippen molar-refractivity contribution in [1.82, 2.24) is 9.97 Å². The normalized spacial score (nSPS) is 13.2. The highest BCUT2D eigenvalue weighted by Gasteiger charge is 2.14. The molecule has 0 aliphatic carbocycles. The first-order valence-electron chi connectivity index (χ1n) is 5.99. The van der Waals surface area contributed by atoms with Crippen LogP contribution in [0, 0.1) is 13.8 Å². The third kappa shape index (κ3) is 1.70. The second-order valence-electron chi connectivity index (χ2n) is 4.55. The van der Waals surface area contributed by atoms with Gasteiger partial charge in [-0.1, -0.05) is 0 Å². The Morgan fingerprint density at radius 2 is 2.17 bits per heavy atom. The van der Waals surface area contributed by atoms with Gasteiger partial charge in [-0.05, 0) is 37.6 Å². The largest absolute Gasteiger partial charge is 0.493 e. The number of aromatic nitrogens is 2. The lowest BCUT2D eigenvalue weighted by atomic mass is 10.1. The van der Waals surface area contributed by atoms with Crippen LogP contribution in [0.4, 0.5) is 0 Å². The van der Waals surface area contributed by atoms with E-state index in [0.29, 0.717) is 11.4 Å². The van der Waals surface area contributed by atoms with E-state index in [2.05, 4.69) is 9.97 Å². The average molecular weight is 242 g/mol. The molecule has 92 valence electrons. The summed E-state index contributed by atoms with van der Waals surface area (Å²) < 4.78 is 5.46. The summed E-state index contributed by atoms with van der Waals surface area (Å²) in [7, 11) is 0. The fourth-order valence-corrected chi connectivity index (χ4v) is 2.12. The number of aryl methyl sites for hydroxylation is 1. The standard InChI is InChI=1S/C14H14N2O2/c1-8-9(2)15-13(16-14(8)17)11-3-4-12-10(7-11)5-6-18-12/h3-4,7H,5-6H2,1-2H3,(H,15,16,17). The molecule has 0 saturated heterocycles. The number of nitrogens with zero attached hydrogens (tertiary/aromatic N) is 1. The van der Waals surface area contributed by atoms with Crippen LogP contribution >= 0.6 is 0 Å². The molecule has 1 aliphatic heterocycles. The Labute approximate surface area is 105 Å². The van der Waals surface area contributed by atoms with Gasteiger partial charge in [0.25, 0.3) is 5.56 Å². The van der Waals surface area contributed by atoms with Crippen LogP contribution < -0.4 is 10.3 Å². The maximum atomic E-state index is 11.7. The number of fused-ring (bicyclic) bond motifs is 1. The third-order valence-electron chi connectivity index (χ3n) is 3.36. The fraction of sp³-hybridized carbons (Fsp3) is 0.286. The molecular weight excluding hydrogens is 228 g/mol. The van der Waals surface area contributed by atoms with Gasteiger partial charge in [-0.2, -0.15) is 0 Å². The number of benzene rings is 1. The lowest BCUT2D eigenvalue weighted by Crippen LogP contribution is -2.14. The van der Waals surface area contributed by atoms with E-state index >= 15 is 0 Å². The Hall–Kier alpha value is -2.10. The third-order valence-corrected chi connectivity index (χ3v) is 3.36. The van der Waals surface area contributed by atoms with Crippen LogP contribution in [0.1, 0.15) is 16.8 Å². The average Bonchev–Trinajstić information content (AvgIpc) is 2.82. The molecule has 1 aromatic carbocycles. The van der Waals surface area contributed by atoms with Gasteiger partial charge in [0.2, 0.25) is 0 Å². The van der Waals surface area contributed by atoms with Gasteiger partial charge in [0.1, 0.15) is 11.6 Å². The molecule has 3 rings (SSSR count). The fourth-order valence-electron chi connectivity index (χ4n) is 2.12. The SMILES string of the molecule is Cc1nc(-c2ccc3c(c2)CCO3)[nH]c(=O)c1C. The molecule has 2 heterocycles. The summed E-state index contributed by atoms with van der Waals surface area (Å²) in [5.74, 6) is 1.56. The quantitative estimate of drug-likeness (QED) is 0.832. The van der Waals surface area contributed by atoms with Crippen molar-refractivity contribution >= 4 is 0 Å². The second kappa shape index (κ2) is 3.98. The molecule has 0 unspecified atom stereocenters. The first-order chi connectivity index (χ1) is 8.65. The molecule has 1 N–H and O–H groups in total. The zero-order chi connectivity index (χ0) is 12.7. The number of nitrogens with one attached hydrogen (secondary N) is 1. The summed E-state index contributed by atoms with van der Waals surface area (Å²) in [6.07, 6.45) is 0.915. The van der Waals surface area contributed by atoms with Gasteiger partial charge in [-0.3, -0.25) is 4.79 Å². The minimum absolute atomic E-state index is 0.0748. The Kier molecular flexibility index (Phi) is 2.44. The lowest BCUT2D eigenvalue weighted by molar-refractivity contribution is 0.357. The molecule has 0 atom stereocenters. The number of H-pyrrole nitrogens is 1. The summed E-state index contributed by atoms with van der Waals surface area (Å²) in [5.41, 5.74) is 3.47. The van der Waals surface area contributed by atoms with E-state index in [-0.39, 0.29) is 5.56 Å². The van der Waals surface area contributed by atoms with Crippen molar-refractivity contribution in [1.29, 1.82) is 0 Å². The molecule has 0 saturated carbocycles. The number of ether oxygens (including phenoxy) is 1.